The first-order chi connectivity index (χ1) is 12.8. The molecule has 1 aliphatic heterocycles. The fraction of sp³-hybridized carbons (Fsp3) is 0.684. The molecule has 0 spiro atoms. The number of alkyl halides is 2. The Labute approximate surface area is 169 Å². The zero-order valence-corrected chi connectivity index (χ0v) is 16.9. The third kappa shape index (κ3) is 4.50. The average Bonchev–Trinajstić information content (AvgIpc) is 2.66. The molecule has 1 aliphatic carbocycles. The second-order valence-electron chi connectivity index (χ2n) is 7.81. The van der Waals surface area contributed by atoms with Gasteiger partial charge in [0, 0.05) is 44.4 Å². The molecule has 5 atom stereocenters. The van der Waals surface area contributed by atoms with Gasteiger partial charge in [-0.2, -0.15) is 0 Å². The average molecular weight is 416 g/mol. The lowest BCUT2D eigenvalue weighted by molar-refractivity contribution is 0.0338. The van der Waals surface area contributed by atoms with Crippen LogP contribution in [0.4, 0.5) is 0 Å². The van der Waals surface area contributed by atoms with Crippen molar-refractivity contribution < 1.29 is 9.90 Å². The van der Waals surface area contributed by atoms with Crippen molar-refractivity contribution in [3.05, 3.63) is 34.2 Å². The summed E-state index contributed by atoms with van der Waals surface area (Å²) < 4.78 is 1.41. The highest BCUT2D eigenvalue weighted by atomic mass is 35.5. The first-order valence-electron chi connectivity index (χ1n) is 9.45. The molecule has 2 fully saturated rings. The van der Waals surface area contributed by atoms with Crippen molar-refractivity contribution in [3.8, 4) is 0 Å². The van der Waals surface area contributed by atoms with E-state index in [0.717, 1.165) is 12.8 Å². The summed E-state index contributed by atoms with van der Waals surface area (Å²) in [7, 11) is 1.63. The molecule has 1 saturated carbocycles. The zero-order chi connectivity index (χ0) is 19.7. The van der Waals surface area contributed by atoms with Gasteiger partial charge in [-0.25, -0.2) is 0 Å². The number of nitrogens with zero attached hydrogens (tertiary/aromatic N) is 2. The van der Waals surface area contributed by atoms with Gasteiger partial charge in [-0.05, 0) is 37.7 Å². The van der Waals surface area contributed by atoms with Gasteiger partial charge < -0.3 is 20.3 Å². The van der Waals surface area contributed by atoms with E-state index in [2.05, 4.69) is 0 Å². The highest BCUT2D eigenvalue weighted by Gasteiger charge is 2.40. The maximum Gasteiger partial charge on any atom is 0.255 e. The summed E-state index contributed by atoms with van der Waals surface area (Å²) in [6.45, 7) is 1.23. The molecule has 0 radical (unpaired) electrons. The number of piperidine rings is 1. The predicted octanol–water partition coefficient (Wildman–Crippen LogP) is 1.55. The topological polar surface area (TPSA) is 88.6 Å². The number of carbonyl (C=O) groups is 1. The standard InChI is InChI=1S/C19H27Cl2N3O3/c1-23-10-12(2-3-17(23)26)19(27)24-6-4-11(5-7-24)18(22)13-8-14(20)15(21)9-16(13)25/h2-3,10-11,13-16,18,25H,4-9,22H2,1H3/t13?,14?,15?,16?,18-/m1/s1. The molecule has 6 nitrogen and oxygen atoms in total. The summed E-state index contributed by atoms with van der Waals surface area (Å²) in [5.41, 5.74) is 6.86. The van der Waals surface area contributed by atoms with E-state index < -0.39 is 6.10 Å². The van der Waals surface area contributed by atoms with Crippen LogP contribution in [0.5, 0.6) is 0 Å². The molecule has 2 heterocycles. The largest absolute Gasteiger partial charge is 0.393 e. The van der Waals surface area contributed by atoms with Crippen molar-refractivity contribution in [1.82, 2.24) is 9.47 Å². The van der Waals surface area contributed by atoms with Crippen molar-refractivity contribution in [3.63, 3.8) is 0 Å². The lowest BCUT2D eigenvalue weighted by atomic mass is 9.74. The number of aromatic nitrogens is 1. The second-order valence-corrected chi connectivity index (χ2v) is 8.93. The van der Waals surface area contributed by atoms with Gasteiger partial charge in [0.2, 0.25) is 5.56 Å². The Morgan fingerprint density at radius 2 is 1.85 bits per heavy atom. The number of pyridine rings is 1. The van der Waals surface area contributed by atoms with E-state index >= 15 is 0 Å². The second kappa shape index (κ2) is 8.52. The lowest BCUT2D eigenvalue weighted by Crippen LogP contribution is -2.51. The molecule has 2 aliphatic rings. The van der Waals surface area contributed by atoms with Crippen LogP contribution in [0.3, 0.4) is 0 Å². The fourth-order valence-electron chi connectivity index (χ4n) is 4.27. The Balaban J connectivity index is 1.58. The number of nitrogens with two attached hydrogens (primary N) is 1. The summed E-state index contributed by atoms with van der Waals surface area (Å²) >= 11 is 12.4. The van der Waals surface area contributed by atoms with Crippen molar-refractivity contribution in [2.24, 2.45) is 24.6 Å². The van der Waals surface area contributed by atoms with E-state index in [1.54, 1.807) is 24.2 Å². The zero-order valence-electron chi connectivity index (χ0n) is 15.4. The number of hydrogen-bond acceptors (Lipinski definition) is 4. The normalized spacial score (nSPS) is 30.9. The lowest BCUT2D eigenvalue weighted by Gasteiger charge is -2.42. The van der Waals surface area contributed by atoms with Crippen LogP contribution >= 0.6 is 23.2 Å². The Hall–Kier alpha value is -1.08. The van der Waals surface area contributed by atoms with Crippen LogP contribution < -0.4 is 11.3 Å². The summed E-state index contributed by atoms with van der Waals surface area (Å²) in [5, 5.41) is 9.99. The minimum atomic E-state index is -0.525. The highest BCUT2D eigenvalue weighted by molar-refractivity contribution is 6.30. The van der Waals surface area contributed by atoms with Gasteiger partial charge in [0.25, 0.3) is 5.91 Å². The van der Waals surface area contributed by atoms with E-state index in [1.807, 2.05) is 0 Å². The molecule has 0 aromatic carbocycles. The SMILES string of the molecule is Cn1cc(C(=O)N2CCC([C@@H](N)C3CC(Cl)C(Cl)CC3O)CC2)ccc1=O. The van der Waals surface area contributed by atoms with Gasteiger partial charge in [0.05, 0.1) is 22.4 Å². The van der Waals surface area contributed by atoms with Crippen molar-refractivity contribution in [1.29, 1.82) is 0 Å². The number of rotatable bonds is 3. The Bertz CT molecular complexity index is 733. The molecule has 1 aromatic rings. The third-order valence-electron chi connectivity index (χ3n) is 6.05. The smallest absolute Gasteiger partial charge is 0.255 e. The van der Waals surface area contributed by atoms with Gasteiger partial charge in [-0.15, -0.1) is 23.2 Å². The number of likely N-dealkylation sites (tertiary alicyclic amines) is 1. The van der Waals surface area contributed by atoms with Crippen LogP contribution in [0.2, 0.25) is 0 Å². The van der Waals surface area contributed by atoms with Crippen molar-refractivity contribution in [2.75, 3.05) is 13.1 Å². The molecular formula is C19H27Cl2N3O3. The molecule has 1 saturated heterocycles. The van der Waals surface area contributed by atoms with Gasteiger partial charge >= 0.3 is 0 Å². The Kier molecular flexibility index (Phi) is 6.51. The molecule has 3 rings (SSSR count). The minimum Gasteiger partial charge on any atom is -0.393 e. The molecule has 1 amide bonds. The Morgan fingerprint density at radius 1 is 1.22 bits per heavy atom. The van der Waals surface area contributed by atoms with Crippen molar-refractivity contribution in [2.45, 2.75) is 48.6 Å². The number of amides is 1. The van der Waals surface area contributed by atoms with Crippen LogP contribution in [0.15, 0.2) is 23.1 Å². The highest BCUT2D eigenvalue weighted by Crippen LogP contribution is 2.37. The summed E-state index contributed by atoms with van der Waals surface area (Å²) in [5.74, 6) is 0.115. The Morgan fingerprint density at radius 3 is 2.48 bits per heavy atom. The van der Waals surface area contributed by atoms with Gasteiger partial charge in [0.1, 0.15) is 0 Å². The van der Waals surface area contributed by atoms with E-state index in [9.17, 15) is 14.7 Å². The molecule has 150 valence electrons. The minimum absolute atomic E-state index is 0.0570. The van der Waals surface area contributed by atoms with Crippen LogP contribution in [-0.2, 0) is 7.05 Å². The predicted molar refractivity (Wildman–Crippen MR) is 106 cm³/mol. The number of aliphatic hydroxyl groups excluding tert-OH is 1. The first kappa shape index (κ1) is 20.6. The van der Waals surface area contributed by atoms with E-state index in [4.69, 9.17) is 28.9 Å². The summed E-state index contributed by atoms with van der Waals surface area (Å²) in [6.07, 6.45) is 3.72. The van der Waals surface area contributed by atoms with E-state index in [1.165, 1.54) is 10.6 Å². The van der Waals surface area contributed by atoms with Gasteiger partial charge in [0.15, 0.2) is 0 Å². The van der Waals surface area contributed by atoms with E-state index in [-0.39, 0.29) is 40.1 Å². The molecule has 4 unspecified atom stereocenters. The van der Waals surface area contributed by atoms with Gasteiger partial charge in [-0.3, -0.25) is 9.59 Å². The van der Waals surface area contributed by atoms with Crippen LogP contribution in [0.25, 0.3) is 0 Å². The monoisotopic (exact) mass is 415 g/mol. The van der Waals surface area contributed by atoms with Gasteiger partial charge in [-0.1, -0.05) is 0 Å². The quantitative estimate of drug-likeness (QED) is 0.732. The van der Waals surface area contributed by atoms with Crippen LogP contribution in [-0.4, -0.2) is 56.5 Å². The number of carbonyl (C=O) groups excluding carboxylic acids is 1. The summed E-state index contributed by atoms with van der Waals surface area (Å²) in [6, 6.07) is 2.83. The fourth-order valence-corrected chi connectivity index (χ4v) is 4.87. The first-order valence-corrected chi connectivity index (χ1v) is 10.3. The van der Waals surface area contributed by atoms with Crippen LogP contribution in [0, 0.1) is 11.8 Å². The third-order valence-corrected chi connectivity index (χ3v) is 7.14. The maximum absolute atomic E-state index is 12.7. The van der Waals surface area contributed by atoms with Crippen molar-refractivity contribution >= 4 is 29.1 Å². The van der Waals surface area contributed by atoms with Crippen LogP contribution in [0.1, 0.15) is 36.0 Å². The molecule has 0 bridgehead atoms. The molecule has 27 heavy (non-hydrogen) atoms. The van der Waals surface area contributed by atoms with E-state index in [0.29, 0.717) is 31.5 Å². The number of halogens is 2. The molecule has 1 aromatic heterocycles. The number of hydrogen-bond donors (Lipinski definition) is 2. The maximum atomic E-state index is 12.7. The molecule has 3 N–H and O–H groups in total. The number of aryl methyl sites for hydroxylation is 1. The summed E-state index contributed by atoms with van der Waals surface area (Å²) in [4.78, 5) is 26.0. The molecular weight excluding hydrogens is 389 g/mol. The molecule has 8 heteroatoms. The number of aliphatic hydroxyl groups is 1.